The Hall–Kier alpha value is -2.30. The Bertz CT molecular complexity index is 648. The van der Waals surface area contributed by atoms with Crippen molar-refractivity contribution in [2.75, 3.05) is 20.7 Å². The predicted molar refractivity (Wildman–Crippen MR) is 85.5 cm³/mol. The number of amides is 1. The minimum absolute atomic E-state index is 0.0927. The normalized spacial score (nSPS) is 10.6. The molecule has 0 saturated carbocycles. The molecule has 0 saturated heterocycles. The van der Waals surface area contributed by atoms with Crippen molar-refractivity contribution in [3.05, 3.63) is 36.0 Å². The number of ether oxygens (including phenoxy) is 1. The number of rotatable bonds is 7. The zero-order valence-corrected chi connectivity index (χ0v) is 13.1. The number of esters is 1. The molecule has 0 aliphatic heterocycles. The van der Waals surface area contributed by atoms with Crippen LogP contribution in [0.2, 0.25) is 0 Å². The molecule has 0 aliphatic rings. The molecule has 0 unspecified atom stereocenters. The molecule has 1 N–H and O–H groups in total. The second kappa shape index (κ2) is 7.64. The first kappa shape index (κ1) is 16.1. The number of hydrogen-bond donors (Lipinski definition) is 1. The van der Waals surface area contributed by atoms with Gasteiger partial charge in [0.25, 0.3) is 0 Å². The van der Waals surface area contributed by atoms with Crippen LogP contribution in [-0.4, -0.2) is 42.5 Å². The minimum atomic E-state index is -0.236. The van der Waals surface area contributed by atoms with Gasteiger partial charge in [0, 0.05) is 43.5 Å². The van der Waals surface area contributed by atoms with Crippen molar-refractivity contribution >= 4 is 22.8 Å². The molecule has 0 radical (unpaired) electrons. The van der Waals surface area contributed by atoms with E-state index in [4.69, 9.17) is 0 Å². The Morgan fingerprint density at radius 2 is 2.00 bits per heavy atom. The van der Waals surface area contributed by atoms with Crippen LogP contribution < -0.4 is 0 Å². The maximum absolute atomic E-state index is 12.1. The molecule has 1 aromatic carbocycles. The second-order valence-electron chi connectivity index (χ2n) is 5.35. The molecule has 0 spiro atoms. The summed E-state index contributed by atoms with van der Waals surface area (Å²) in [5, 5.41) is 1.17. The number of carbonyl (C=O) groups is 2. The summed E-state index contributed by atoms with van der Waals surface area (Å²) < 4.78 is 4.58. The van der Waals surface area contributed by atoms with Crippen molar-refractivity contribution < 1.29 is 14.3 Å². The number of carbonyl (C=O) groups excluding carboxylic acids is 2. The average molecular weight is 302 g/mol. The molecule has 5 heteroatoms. The predicted octanol–water partition coefficient (Wildman–Crippen LogP) is 2.51. The van der Waals surface area contributed by atoms with Gasteiger partial charge in [0.1, 0.15) is 0 Å². The Kier molecular flexibility index (Phi) is 5.58. The molecule has 0 fully saturated rings. The molecule has 0 atom stereocenters. The zero-order chi connectivity index (χ0) is 15.9. The third-order valence-electron chi connectivity index (χ3n) is 3.81. The van der Waals surface area contributed by atoms with Crippen molar-refractivity contribution in [2.24, 2.45) is 0 Å². The summed E-state index contributed by atoms with van der Waals surface area (Å²) in [5.41, 5.74) is 2.25. The van der Waals surface area contributed by atoms with E-state index in [1.165, 1.54) is 12.5 Å². The van der Waals surface area contributed by atoms with Crippen LogP contribution in [0.1, 0.15) is 24.8 Å². The number of nitrogens with zero attached hydrogens (tertiary/aromatic N) is 1. The van der Waals surface area contributed by atoms with E-state index in [2.05, 4.69) is 15.8 Å². The van der Waals surface area contributed by atoms with E-state index in [1.54, 1.807) is 11.9 Å². The maximum Gasteiger partial charge on any atom is 0.305 e. The number of aromatic nitrogens is 1. The fourth-order valence-corrected chi connectivity index (χ4v) is 2.46. The first-order chi connectivity index (χ1) is 10.6. The van der Waals surface area contributed by atoms with Gasteiger partial charge < -0.3 is 14.6 Å². The van der Waals surface area contributed by atoms with Gasteiger partial charge in [-0.3, -0.25) is 9.59 Å². The van der Waals surface area contributed by atoms with E-state index in [0.717, 1.165) is 11.1 Å². The van der Waals surface area contributed by atoms with Crippen LogP contribution in [0.15, 0.2) is 30.5 Å². The molecule has 1 aromatic heterocycles. The Morgan fingerprint density at radius 3 is 2.77 bits per heavy atom. The summed E-state index contributed by atoms with van der Waals surface area (Å²) in [6.45, 7) is 0.571. The summed E-state index contributed by atoms with van der Waals surface area (Å²) in [7, 11) is 3.15. The molecule has 0 bridgehead atoms. The van der Waals surface area contributed by atoms with Crippen molar-refractivity contribution in [1.29, 1.82) is 0 Å². The van der Waals surface area contributed by atoms with E-state index in [0.29, 0.717) is 32.2 Å². The molecule has 2 aromatic rings. The molecule has 22 heavy (non-hydrogen) atoms. The number of para-hydroxylation sites is 1. The van der Waals surface area contributed by atoms with E-state index in [-0.39, 0.29) is 11.9 Å². The maximum atomic E-state index is 12.1. The van der Waals surface area contributed by atoms with Crippen LogP contribution in [0, 0.1) is 0 Å². The fraction of sp³-hybridized carbons (Fsp3) is 0.412. The third-order valence-corrected chi connectivity index (χ3v) is 3.81. The number of aryl methyl sites for hydroxylation is 1. The number of benzene rings is 1. The highest BCUT2D eigenvalue weighted by Gasteiger charge is 2.11. The van der Waals surface area contributed by atoms with Gasteiger partial charge in [0.15, 0.2) is 0 Å². The van der Waals surface area contributed by atoms with Gasteiger partial charge in [-0.05, 0) is 24.5 Å². The SMILES string of the molecule is COC(=O)CCCN(C)C(=O)CCc1c[nH]c2ccccc12. The lowest BCUT2D eigenvalue weighted by atomic mass is 10.1. The minimum Gasteiger partial charge on any atom is -0.469 e. The van der Waals surface area contributed by atoms with E-state index >= 15 is 0 Å². The quantitative estimate of drug-likeness (QED) is 0.799. The molecule has 0 aliphatic carbocycles. The van der Waals surface area contributed by atoms with Gasteiger partial charge in [-0.15, -0.1) is 0 Å². The van der Waals surface area contributed by atoms with Gasteiger partial charge in [0.05, 0.1) is 7.11 Å². The fourth-order valence-electron chi connectivity index (χ4n) is 2.46. The average Bonchev–Trinajstić information content (AvgIpc) is 2.95. The van der Waals surface area contributed by atoms with Crippen LogP contribution in [0.4, 0.5) is 0 Å². The number of hydrogen-bond acceptors (Lipinski definition) is 3. The summed E-state index contributed by atoms with van der Waals surface area (Å²) in [5.74, 6) is -0.144. The highest BCUT2D eigenvalue weighted by Crippen LogP contribution is 2.19. The van der Waals surface area contributed by atoms with Crippen molar-refractivity contribution in [3.8, 4) is 0 Å². The van der Waals surface area contributed by atoms with Gasteiger partial charge in [-0.2, -0.15) is 0 Å². The lowest BCUT2D eigenvalue weighted by molar-refractivity contribution is -0.141. The van der Waals surface area contributed by atoms with Crippen molar-refractivity contribution in [2.45, 2.75) is 25.7 Å². The zero-order valence-electron chi connectivity index (χ0n) is 13.1. The first-order valence-corrected chi connectivity index (χ1v) is 7.47. The number of methoxy groups -OCH3 is 1. The molecule has 5 nitrogen and oxygen atoms in total. The summed E-state index contributed by atoms with van der Waals surface area (Å²) >= 11 is 0. The van der Waals surface area contributed by atoms with E-state index in [9.17, 15) is 9.59 Å². The monoisotopic (exact) mass is 302 g/mol. The summed E-state index contributed by atoms with van der Waals surface area (Å²) in [6, 6.07) is 8.08. The van der Waals surface area contributed by atoms with Gasteiger partial charge in [0.2, 0.25) is 5.91 Å². The highest BCUT2D eigenvalue weighted by molar-refractivity contribution is 5.84. The van der Waals surface area contributed by atoms with Gasteiger partial charge in [-0.25, -0.2) is 0 Å². The number of H-pyrrole nitrogens is 1. The van der Waals surface area contributed by atoms with Gasteiger partial charge in [-0.1, -0.05) is 18.2 Å². The largest absolute Gasteiger partial charge is 0.469 e. The van der Waals surface area contributed by atoms with Crippen molar-refractivity contribution in [3.63, 3.8) is 0 Å². The number of aromatic amines is 1. The van der Waals surface area contributed by atoms with Gasteiger partial charge >= 0.3 is 5.97 Å². The number of nitrogens with one attached hydrogen (secondary N) is 1. The topological polar surface area (TPSA) is 62.4 Å². The van der Waals surface area contributed by atoms with Crippen LogP contribution in [0.5, 0.6) is 0 Å². The van der Waals surface area contributed by atoms with Crippen LogP contribution in [0.25, 0.3) is 10.9 Å². The second-order valence-corrected chi connectivity index (χ2v) is 5.35. The summed E-state index contributed by atoms with van der Waals surface area (Å²) in [6.07, 6.45) is 4.12. The van der Waals surface area contributed by atoms with E-state index < -0.39 is 0 Å². The molecule has 2 rings (SSSR count). The molecule has 118 valence electrons. The lowest BCUT2D eigenvalue weighted by Crippen LogP contribution is -2.28. The Labute approximate surface area is 130 Å². The third kappa shape index (κ3) is 4.10. The van der Waals surface area contributed by atoms with Crippen LogP contribution in [-0.2, 0) is 20.7 Å². The molecular formula is C17H22N2O3. The van der Waals surface area contributed by atoms with E-state index in [1.807, 2.05) is 24.4 Å². The summed E-state index contributed by atoms with van der Waals surface area (Å²) in [4.78, 5) is 28.1. The molecular weight excluding hydrogens is 280 g/mol. The van der Waals surface area contributed by atoms with Crippen LogP contribution >= 0.6 is 0 Å². The smallest absolute Gasteiger partial charge is 0.305 e. The molecule has 1 amide bonds. The molecule has 1 heterocycles. The number of fused-ring (bicyclic) bond motifs is 1. The Balaban J connectivity index is 1.80. The lowest BCUT2D eigenvalue weighted by Gasteiger charge is -2.16. The standard InChI is InChI=1S/C17H22N2O3/c1-19(11-5-8-17(21)22-2)16(20)10-9-13-12-18-15-7-4-3-6-14(13)15/h3-4,6-7,12,18H,5,8-11H2,1-2H3. The van der Waals surface area contributed by atoms with Crippen molar-refractivity contribution in [1.82, 2.24) is 9.88 Å². The first-order valence-electron chi connectivity index (χ1n) is 7.47. The Morgan fingerprint density at radius 1 is 1.23 bits per heavy atom. The highest BCUT2D eigenvalue weighted by atomic mass is 16.5. The van der Waals surface area contributed by atoms with Crippen LogP contribution in [0.3, 0.4) is 0 Å².